The lowest BCUT2D eigenvalue weighted by atomic mass is 9.92. The van der Waals surface area contributed by atoms with Crippen LogP contribution in [-0.4, -0.2) is 30.9 Å². The van der Waals surface area contributed by atoms with Crippen molar-refractivity contribution in [3.63, 3.8) is 0 Å². The minimum atomic E-state index is -0.0921. The molecule has 0 spiro atoms. The van der Waals surface area contributed by atoms with Gasteiger partial charge in [-0.1, -0.05) is 27.7 Å². The Balaban J connectivity index is 2.26. The molecule has 1 aromatic rings. The quantitative estimate of drug-likeness (QED) is 0.802. The summed E-state index contributed by atoms with van der Waals surface area (Å²) in [6, 6.07) is 5.75. The summed E-state index contributed by atoms with van der Waals surface area (Å²) in [5.74, 6) is 0.605. The van der Waals surface area contributed by atoms with Gasteiger partial charge >= 0.3 is 0 Å². The van der Waals surface area contributed by atoms with E-state index >= 15 is 0 Å². The van der Waals surface area contributed by atoms with Crippen molar-refractivity contribution >= 4 is 23.2 Å². The van der Waals surface area contributed by atoms with Gasteiger partial charge < -0.3 is 15.5 Å². The maximum atomic E-state index is 12.8. The van der Waals surface area contributed by atoms with Crippen LogP contribution in [0.3, 0.4) is 0 Å². The predicted molar refractivity (Wildman–Crippen MR) is 112 cm³/mol. The highest BCUT2D eigenvalue weighted by Gasteiger charge is 2.22. The third-order valence-electron chi connectivity index (χ3n) is 4.76. The second-order valence-corrected chi connectivity index (χ2v) is 9.32. The first-order valence-electron chi connectivity index (χ1n) is 10.0. The van der Waals surface area contributed by atoms with Crippen LogP contribution in [0, 0.1) is 11.3 Å². The summed E-state index contributed by atoms with van der Waals surface area (Å²) in [4.78, 5) is 27.4. The van der Waals surface area contributed by atoms with Gasteiger partial charge in [-0.05, 0) is 56.2 Å². The van der Waals surface area contributed by atoms with Crippen molar-refractivity contribution in [2.45, 2.75) is 66.8 Å². The SMILES string of the molecule is CC1CCN(c2ccc(NC(=O)CC(C)(C)C)cc2C(=O)NC(C)C)CC1. The molecule has 0 atom stereocenters. The second kappa shape index (κ2) is 8.77. The van der Waals surface area contributed by atoms with E-state index < -0.39 is 0 Å². The van der Waals surface area contributed by atoms with Gasteiger partial charge in [0.25, 0.3) is 5.91 Å². The van der Waals surface area contributed by atoms with E-state index in [9.17, 15) is 9.59 Å². The Morgan fingerprint density at radius 3 is 2.37 bits per heavy atom. The molecule has 2 amide bonds. The molecule has 0 aromatic heterocycles. The van der Waals surface area contributed by atoms with Gasteiger partial charge in [-0.2, -0.15) is 0 Å². The van der Waals surface area contributed by atoms with Crippen molar-refractivity contribution in [1.29, 1.82) is 0 Å². The summed E-state index contributed by atoms with van der Waals surface area (Å²) >= 11 is 0. The fraction of sp³-hybridized carbons (Fsp3) is 0.636. The first-order chi connectivity index (χ1) is 12.5. The smallest absolute Gasteiger partial charge is 0.253 e. The molecule has 1 aliphatic rings. The number of piperidine rings is 1. The lowest BCUT2D eigenvalue weighted by Gasteiger charge is -2.33. The van der Waals surface area contributed by atoms with Crippen molar-refractivity contribution in [2.75, 3.05) is 23.3 Å². The highest BCUT2D eigenvalue weighted by Crippen LogP contribution is 2.29. The van der Waals surface area contributed by atoms with E-state index in [-0.39, 0.29) is 23.3 Å². The fourth-order valence-corrected chi connectivity index (χ4v) is 3.35. The lowest BCUT2D eigenvalue weighted by Crippen LogP contribution is -2.36. The molecule has 1 aliphatic heterocycles. The molecule has 27 heavy (non-hydrogen) atoms. The van der Waals surface area contributed by atoms with Gasteiger partial charge in [-0.25, -0.2) is 0 Å². The zero-order valence-electron chi connectivity index (χ0n) is 17.7. The minimum absolute atomic E-state index is 0.0303. The number of carbonyl (C=O) groups is 2. The Morgan fingerprint density at radius 1 is 1.19 bits per heavy atom. The van der Waals surface area contributed by atoms with Crippen LogP contribution in [-0.2, 0) is 4.79 Å². The largest absolute Gasteiger partial charge is 0.371 e. The van der Waals surface area contributed by atoms with Crippen LogP contribution >= 0.6 is 0 Å². The first kappa shape index (κ1) is 21.3. The normalized spacial score (nSPS) is 15.7. The van der Waals surface area contributed by atoms with E-state index in [1.54, 1.807) is 0 Å². The summed E-state index contributed by atoms with van der Waals surface area (Å²) in [5, 5.41) is 5.93. The van der Waals surface area contributed by atoms with Crippen LogP contribution in [0.25, 0.3) is 0 Å². The second-order valence-electron chi connectivity index (χ2n) is 9.32. The zero-order valence-corrected chi connectivity index (χ0v) is 17.7. The Morgan fingerprint density at radius 2 is 1.81 bits per heavy atom. The van der Waals surface area contributed by atoms with Gasteiger partial charge in [0.15, 0.2) is 0 Å². The Bertz CT molecular complexity index is 669. The number of amides is 2. The van der Waals surface area contributed by atoms with Gasteiger partial charge in [-0.15, -0.1) is 0 Å². The third kappa shape index (κ3) is 6.56. The molecular formula is C22H35N3O2. The number of nitrogens with zero attached hydrogens (tertiary/aromatic N) is 1. The Labute approximate surface area is 163 Å². The van der Waals surface area contributed by atoms with Gasteiger partial charge in [0.05, 0.1) is 5.56 Å². The van der Waals surface area contributed by atoms with Crippen molar-refractivity contribution in [2.24, 2.45) is 11.3 Å². The van der Waals surface area contributed by atoms with Crippen LogP contribution in [0.2, 0.25) is 0 Å². The van der Waals surface area contributed by atoms with Gasteiger partial charge in [0.1, 0.15) is 0 Å². The number of hydrogen-bond acceptors (Lipinski definition) is 3. The molecule has 1 aromatic carbocycles. The number of rotatable bonds is 5. The van der Waals surface area contributed by atoms with Gasteiger partial charge in [0, 0.05) is 36.9 Å². The molecule has 0 saturated carbocycles. The van der Waals surface area contributed by atoms with E-state index in [0.717, 1.165) is 37.5 Å². The Kier molecular flexibility index (Phi) is 6.90. The van der Waals surface area contributed by atoms with E-state index in [1.807, 2.05) is 52.8 Å². The number of nitrogens with one attached hydrogen (secondary N) is 2. The standard InChI is InChI=1S/C22H35N3O2/c1-15(2)23-21(27)18-13-17(24-20(26)14-22(4,5)6)7-8-19(18)25-11-9-16(3)10-12-25/h7-8,13,15-16H,9-12,14H2,1-6H3,(H,23,27)(H,24,26). The van der Waals surface area contributed by atoms with Crippen LogP contribution in [0.4, 0.5) is 11.4 Å². The van der Waals surface area contributed by atoms with E-state index in [0.29, 0.717) is 17.7 Å². The van der Waals surface area contributed by atoms with E-state index in [1.165, 1.54) is 0 Å². The maximum Gasteiger partial charge on any atom is 0.253 e. The molecule has 2 N–H and O–H groups in total. The van der Waals surface area contributed by atoms with Crippen molar-refractivity contribution in [3.8, 4) is 0 Å². The van der Waals surface area contributed by atoms with Crippen LogP contribution < -0.4 is 15.5 Å². The molecule has 0 aliphatic carbocycles. The van der Waals surface area contributed by atoms with E-state index in [2.05, 4.69) is 22.5 Å². The summed E-state index contributed by atoms with van der Waals surface area (Å²) in [7, 11) is 0. The fourth-order valence-electron chi connectivity index (χ4n) is 3.35. The topological polar surface area (TPSA) is 61.4 Å². The van der Waals surface area contributed by atoms with Crippen LogP contribution in [0.1, 0.15) is 71.2 Å². The highest BCUT2D eigenvalue weighted by molar-refractivity contribution is 6.02. The number of anilines is 2. The summed E-state index contributed by atoms with van der Waals surface area (Å²) < 4.78 is 0. The summed E-state index contributed by atoms with van der Waals surface area (Å²) in [6.07, 6.45) is 2.71. The van der Waals surface area contributed by atoms with Crippen molar-refractivity contribution < 1.29 is 9.59 Å². The molecule has 0 radical (unpaired) electrons. The molecule has 150 valence electrons. The molecule has 0 bridgehead atoms. The number of benzene rings is 1. The zero-order chi connectivity index (χ0) is 20.2. The average Bonchev–Trinajstić information content (AvgIpc) is 2.53. The molecule has 1 heterocycles. The number of carbonyl (C=O) groups excluding carboxylic acids is 2. The summed E-state index contributed by atoms with van der Waals surface area (Å²) in [6.45, 7) is 14.2. The van der Waals surface area contributed by atoms with Crippen molar-refractivity contribution in [3.05, 3.63) is 23.8 Å². The number of hydrogen-bond donors (Lipinski definition) is 2. The summed E-state index contributed by atoms with van der Waals surface area (Å²) in [5.41, 5.74) is 2.18. The van der Waals surface area contributed by atoms with Gasteiger partial charge in [0.2, 0.25) is 5.91 Å². The molecule has 0 unspecified atom stereocenters. The lowest BCUT2D eigenvalue weighted by molar-refractivity contribution is -0.117. The van der Waals surface area contributed by atoms with Crippen LogP contribution in [0.15, 0.2) is 18.2 Å². The van der Waals surface area contributed by atoms with Gasteiger partial charge in [-0.3, -0.25) is 9.59 Å². The van der Waals surface area contributed by atoms with Crippen LogP contribution in [0.5, 0.6) is 0 Å². The Hall–Kier alpha value is -2.04. The van der Waals surface area contributed by atoms with Crippen molar-refractivity contribution in [1.82, 2.24) is 5.32 Å². The monoisotopic (exact) mass is 373 g/mol. The first-order valence-corrected chi connectivity index (χ1v) is 10.0. The highest BCUT2D eigenvalue weighted by atomic mass is 16.2. The average molecular weight is 374 g/mol. The maximum absolute atomic E-state index is 12.8. The van der Waals surface area contributed by atoms with E-state index in [4.69, 9.17) is 0 Å². The third-order valence-corrected chi connectivity index (χ3v) is 4.76. The molecule has 1 saturated heterocycles. The molecule has 5 nitrogen and oxygen atoms in total. The molecular weight excluding hydrogens is 338 g/mol. The predicted octanol–water partition coefficient (Wildman–Crippen LogP) is 4.44. The molecule has 1 fully saturated rings. The molecule has 5 heteroatoms. The minimum Gasteiger partial charge on any atom is -0.371 e. The molecule has 2 rings (SSSR count).